The van der Waals surface area contributed by atoms with Gasteiger partial charge in [0.05, 0.1) is 0 Å². The average Bonchev–Trinajstić information content (AvgIpc) is 2.73. The van der Waals surface area contributed by atoms with E-state index >= 15 is 0 Å². The molecule has 0 amide bonds. The third kappa shape index (κ3) is 4.53. The maximum atomic E-state index is 14.8. The minimum Gasteiger partial charge on any atom is -0.437 e. The Morgan fingerprint density at radius 3 is 2.87 bits per heavy atom. The van der Waals surface area contributed by atoms with E-state index in [1.807, 2.05) is 37.0 Å². The van der Waals surface area contributed by atoms with Crippen LogP contribution in [-0.2, 0) is 0 Å². The number of hydrogen-bond donors (Lipinski definition) is 2. The minimum absolute atomic E-state index is 0.219. The van der Waals surface area contributed by atoms with E-state index in [0.717, 1.165) is 60.1 Å². The van der Waals surface area contributed by atoms with Gasteiger partial charge in [-0.3, -0.25) is 0 Å². The van der Waals surface area contributed by atoms with Crippen molar-refractivity contribution < 1.29 is 9.41 Å². The molecule has 31 heavy (non-hydrogen) atoms. The molecule has 1 saturated heterocycles. The molecule has 2 aromatic carbocycles. The predicted octanol–water partition coefficient (Wildman–Crippen LogP) is 4.19. The van der Waals surface area contributed by atoms with Gasteiger partial charge in [0.25, 0.3) is 0 Å². The summed E-state index contributed by atoms with van der Waals surface area (Å²) in [5, 5.41) is 11.9. The number of anilines is 2. The number of nitrogens with two attached hydrogens (primary N) is 1. The minimum atomic E-state index is -0.463. The summed E-state index contributed by atoms with van der Waals surface area (Å²) in [6.07, 6.45) is 3.97. The first-order valence-corrected chi connectivity index (χ1v) is 10.9. The van der Waals surface area contributed by atoms with Gasteiger partial charge in [-0.1, -0.05) is 12.1 Å². The van der Waals surface area contributed by atoms with Gasteiger partial charge in [0.2, 0.25) is 0 Å². The fraction of sp³-hybridized carbons (Fsp3) is 0.375. The first-order chi connectivity index (χ1) is 14.8. The molecule has 0 aliphatic carbocycles. The first kappa shape index (κ1) is 21.6. The van der Waals surface area contributed by atoms with Crippen LogP contribution in [0.2, 0.25) is 6.82 Å². The Kier molecular flexibility index (Phi) is 6.16. The van der Waals surface area contributed by atoms with Gasteiger partial charge in [-0.15, -0.1) is 0 Å². The van der Waals surface area contributed by atoms with Crippen molar-refractivity contribution in [3.05, 3.63) is 54.0 Å². The van der Waals surface area contributed by atoms with Gasteiger partial charge in [0, 0.05) is 41.3 Å². The average molecular weight is 420 g/mol. The lowest BCUT2D eigenvalue weighted by Gasteiger charge is -2.37. The molecule has 1 aromatic heterocycles. The number of aromatic nitrogens is 1. The zero-order valence-electron chi connectivity index (χ0n) is 18.5. The van der Waals surface area contributed by atoms with Crippen molar-refractivity contribution in [2.45, 2.75) is 26.6 Å². The molecule has 1 atom stereocenters. The van der Waals surface area contributed by atoms with Crippen molar-refractivity contribution in [1.29, 1.82) is 0 Å². The maximum absolute atomic E-state index is 14.8. The molecule has 0 spiro atoms. The van der Waals surface area contributed by atoms with Gasteiger partial charge in [0.1, 0.15) is 11.6 Å². The summed E-state index contributed by atoms with van der Waals surface area (Å²) in [5.41, 5.74) is 9.48. The third-order valence-electron chi connectivity index (χ3n) is 6.39. The second kappa shape index (κ2) is 8.85. The van der Waals surface area contributed by atoms with Gasteiger partial charge in [0.15, 0.2) is 0 Å². The Morgan fingerprint density at radius 2 is 2.13 bits per heavy atom. The third-order valence-corrected chi connectivity index (χ3v) is 6.39. The number of nitrogens with zero attached hydrogens (tertiary/aromatic N) is 3. The molecule has 1 aliphatic heterocycles. The van der Waals surface area contributed by atoms with Crippen molar-refractivity contribution in [2.24, 2.45) is 5.92 Å². The number of benzene rings is 2. The molecule has 5 nitrogen and oxygen atoms in total. The van der Waals surface area contributed by atoms with Crippen molar-refractivity contribution in [1.82, 2.24) is 9.79 Å². The normalized spacial score (nSPS) is 16.8. The fourth-order valence-electron chi connectivity index (χ4n) is 4.65. The summed E-state index contributed by atoms with van der Waals surface area (Å²) in [6, 6.07) is 11.2. The highest BCUT2D eigenvalue weighted by atomic mass is 19.1. The molecule has 1 aliphatic rings. The molecule has 0 bridgehead atoms. The van der Waals surface area contributed by atoms with Crippen LogP contribution in [0.25, 0.3) is 21.9 Å². The Morgan fingerprint density at radius 1 is 1.32 bits per heavy atom. The lowest BCUT2D eigenvalue weighted by atomic mass is 9.83. The molecular formula is C24H30BFN4O. The summed E-state index contributed by atoms with van der Waals surface area (Å²) >= 11 is 0. The molecule has 3 aromatic rings. The fourth-order valence-corrected chi connectivity index (χ4v) is 4.65. The van der Waals surface area contributed by atoms with Crippen molar-refractivity contribution in [2.75, 3.05) is 37.3 Å². The molecule has 1 fully saturated rings. The van der Waals surface area contributed by atoms with E-state index in [2.05, 4.69) is 16.0 Å². The quantitative estimate of drug-likeness (QED) is 0.606. The molecule has 7 heteroatoms. The highest BCUT2D eigenvalue weighted by Gasteiger charge is 2.25. The molecular weight excluding hydrogens is 390 g/mol. The van der Waals surface area contributed by atoms with Crippen LogP contribution < -0.4 is 10.6 Å². The first-order valence-electron chi connectivity index (χ1n) is 10.9. The van der Waals surface area contributed by atoms with Crippen LogP contribution >= 0.6 is 0 Å². The molecule has 2 heterocycles. The molecule has 0 unspecified atom stereocenters. The lowest BCUT2D eigenvalue weighted by Crippen LogP contribution is -2.43. The van der Waals surface area contributed by atoms with Crippen LogP contribution in [0.4, 0.5) is 15.9 Å². The molecule has 0 saturated carbocycles. The number of rotatable bonds is 5. The smallest absolute Gasteiger partial charge is 0.376 e. The number of aryl methyl sites for hydroxylation is 1. The number of piperidine rings is 1. The standard InChI is InChI=1S/C24H30BFN4O/c1-16-6-4-8-21(26)24(16)18-10-19-13-28-23(27)12-20(19)22(11-18)30-9-5-7-17(15-30)14-29(3)25(2)31/h4,6,8,10-13,17,31H,5,7,9,14-15H2,1-3H3,(H2,27,28)/t17-/m1/s1. The van der Waals surface area contributed by atoms with Gasteiger partial charge in [-0.25, -0.2) is 9.37 Å². The van der Waals surface area contributed by atoms with Gasteiger partial charge in [-0.05, 0) is 81.5 Å². The number of hydrogen-bond acceptors (Lipinski definition) is 5. The van der Waals surface area contributed by atoms with Gasteiger partial charge < -0.3 is 20.5 Å². The molecule has 162 valence electrons. The highest BCUT2D eigenvalue weighted by Crippen LogP contribution is 2.37. The second-order valence-corrected chi connectivity index (χ2v) is 8.78. The van der Waals surface area contributed by atoms with Crippen molar-refractivity contribution in [3.8, 4) is 11.1 Å². The Hall–Kier alpha value is -2.64. The zero-order chi connectivity index (χ0) is 22.1. The molecule has 3 N–H and O–H groups in total. The van der Waals surface area contributed by atoms with E-state index < -0.39 is 7.05 Å². The topological polar surface area (TPSA) is 65.6 Å². The molecule has 0 radical (unpaired) electrons. The van der Waals surface area contributed by atoms with E-state index in [4.69, 9.17) is 5.73 Å². The van der Waals surface area contributed by atoms with Crippen molar-refractivity contribution >= 4 is 29.3 Å². The number of fused-ring (bicyclic) bond motifs is 1. The SMILES string of the molecule is CB(O)N(C)C[C@H]1CCCN(c2cc(-c3c(C)cccc3F)cc3cnc(N)cc23)C1. The van der Waals surface area contributed by atoms with E-state index in [1.54, 1.807) is 19.1 Å². The van der Waals surface area contributed by atoms with Crippen LogP contribution in [0.5, 0.6) is 0 Å². The highest BCUT2D eigenvalue weighted by molar-refractivity contribution is 6.45. The van der Waals surface area contributed by atoms with E-state index in [1.165, 1.54) is 6.07 Å². The summed E-state index contributed by atoms with van der Waals surface area (Å²) in [5.74, 6) is 0.705. The van der Waals surface area contributed by atoms with E-state index in [0.29, 0.717) is 17.3 Å². The Balaban J connectivity index is 1.78. The van der Waals surface area contributed by atoms with Gasteiger partial charge in [-0.2, -0.15) is 0 Å². The monoisotopic (exact) mass is 420 g/mol. The summed E-state index contributed by atoms with van der Waals surface area (Å²) in [6.45, 7) is 6.39. The summed E-state index contributed by atoms with van der Waals surface area (Å²) in [4.78, 5) is 8.64. The predicted molar refractivity (Wildman–Crippen MR) is 128 cm³/mol. The van der Waals surface area contributed by atoms with Crippen LogP contribution in [0.15, 0.2) is 42.6 Å². The Bertz CT molecular complexity index is 1070. The zero-order valence-corrected chi connectivity index (χ0v) is 18.5. The maximum Gasteiger partial charge on any atom is 0.376 e. The number of halogens is 1. The molecule has 4 rings (SSSR count). The van der Waals surface area contributed by atoms with Crippen LogP contribution in [-0.4, -0.2) is 48.6 Å². The van der Waals surface area contributed by atoms with Crippen LogP contribution in [0.1, 0.15) is 18.4 Å². The second-order valence-electron chi connectivity index (χ2n) is 8.78. The number of nitrogen functional groups attached to an aromatic ring is 1. The van der Waals surface area contributed by atoms with E-state index in [-0.39, 0.29) is 5.82 Å². The number of pyridine rings is 1. The van der Waals surface area contributed by atoms with Crippen LogP contribution in [0, 0.1) is 18.7 Å². The van der Waals surface area contributed by atoms with Gasteiger partial charge >= 0.3 is 7.05 Å². The van der Waals surface area contributed by atoms with Crippen molar-refractivity contribution in [3.63, 3.8) is 0 Å². The van der Waals surface area contributed by atoms with E-state index in [9.17, 15) is 9.41 Å². The Labute approximate surface area is 183 Å². The largest absolute Gasteiger partial charge is 0.437 e. The summed E-state index contributed by atoms with van der Waals surface area (Å²) < 4.78 is 14.8. The van der Waals surface area contributed by atoms with Crippen LogP contribution in [0.3, 0.4) is 0 Å². The summed E-state index contributed by atoms with van der Waals surface area (Å²) in [7, 11) is 1.49. The lowest BCUT2D eigenvalue weighted by molar-refractivity contribution is 0.315.